The van der Waals surface area contributed by atoms with Crippen molar-refractivity contribution < 1.29 is 9.53 Å². The Morgan fingerprint density at radius 1 is 1.10 bits per heavy atom. The third-order valence-corrected chi connectivity index (χ3v) is 3.35. The quantitative estimate of drug-likeness (QED) is 0.485. The molecule has 0 aliphatic heterocycles. The van der Waals surface area contributed by atoms with Crippen molar-refractivity contribution >= 4 is 5.97 Å². The molecule has 0 amide bonds. The second-order valence-corrected chi connectivity index (χ2v) is 5.15. The van der Waals surface area contributed by atoms with Crippen molar-refractivity contribution in [1.82, 2.24) is 4.90 Å². The fraction of sp³-hybridized carbons (Fsp3) is 0.588. The fourth-order valence-electron chi connectivity index (χ4n) is 2.14. The van der Waals surface area contributed by atoms with Crippen LogP contribution in [-0.4, -0.2) is 37.6 Å². The number of rotatable bonds is 10. The summed E-state index contributed by atoms with van der Waals surface area (Å²) in [6, 6.07) is 10.6. The van der Waals surface area contributed by atoms with Crippen molar-refractivity contribution in [2.45, 2.75) is 39.0 Å². The summed E-state index contributed by atoms with van der Waals surface area (Å²) < 4.78 is 4.91. The third kappa shape index (κ3) is 7.95. The van der Waals surface area contributed by atoms with Crippen molar-refractivity contribution in [3.8, 4) is 0 Å². The van der Waals surface area contributed by atoms with Crippen molar-refractivity contribution in [3.63, 3.8) is 0 Å². The molecule has 0 bridgehead atoms. The summed E-state index contributed by atoms with van der Waals surface area (Å²) in [4.78, 5) is 13.5. The van der Waals surface area contributed by atoms with Gasteiger partial charge in [0.25, 0.3) is 0 Å². The molecule has 0 saturated carbocycles. The number of ether oxygens (including phenoxy) is 1. The molecule has 0 spiro atoms. The lowest BCUT2D eigenvalue weighted by atomic mass is 10.1. The first kappa shape index (κ1) is 16.7. The first-order valence-electron chi connectivity index (χ1n) is 7.60. The number of unbranched alkanes of at least 4 members (excludes halogenated alkanes) is 2. The van der Waals surface area contributed by atoms with Gasteiger partial charge >= 0.3 is 5.97 Å². The molecule has 0 radical (unpaired) electrons. The molecule has 3 nitrogen and oxygen atoms in total. The Labute approximate surface area is 122 Å². The Bertz CT molecular complexity index is 365. The van der Waals surface area contributed by atoms with Gasteiger partial charge in [-0.05, 0) is 45.3 Å². The number of nitrogens with zero attached hydrogens (tertiary/aromatic N) is 1. The summed E-state index contributed by atoms with van der Waals surface area (Å²) in [5, 5.41) is 0. The highest BCUT2D eigenvalue weighted by Crippen LogP contribution is 2.04. The Balaban J connectivity index is 2.00. The summed E-state index contributed by atoms with van der Waals surface area (Å²) in [7, 11) is 2.16. The van der Waals surface area contributed by atoms with Gasteiger partial charge in [-0.2, -0.15) is 0 Å². The molecule has 0 aliphatic carbocycles. The minimum absolute atomic E-state index is 0.0649. The summed E-state index contributed by atoms with van der Waals surface area (Å²) in [6.07, 6.45) is 4.83. The van der Waals surface area contributed by atoms with Gasteiger partial charge in [0.1, 0.15) is 0 Å². The summed E-state index contributed by atoms with van der Waals surface area (Å²) in [5.41, 5.74) is 1.39. The van der Waals surface area contributed by atoms with Gasteiger partial charge < -0.3 is 9.64 Å². The van der Waals surface area contributed by atoms with Crippen LogP contribution >= 0.6 is 0 Å². The number of benzene rings is 1. The van der Waals surface area contributed by atoms with Gasteiger partial charge in [0.15, 0.2) is 0 Å². The molecule has 20 heavy (non-hydrogen) atoms. The Hall–Kier alpha value is -1.35. The molecule has 0 aliphatic rings. The molecule has 0 fully saturated rings. The standard InChI is InChI=1S/C17H27NO2/c1-3-20-17(19)12-8-5-9-14-18(2)15-13-16-10-6-4-7-11-16/h4,6-7,10-11H,3,5,8-9,12-15H2,1-2H3. The van der Waals surface area contributed by atoms with E-state index in [2.05, 4.69) is 42.3 Å². The van der Waals surface area contributed by atoms with Crippen LogP contribution in [0, 0.1) is 0 Å². The van der Waals surface area contributed by atoms with Crippen molar-refractivity contribution in [1.29, 1.82) is 0 Å². The molecule has 0 heterocycles. The second kappa shape index (κ2) is 10.4. The van der Waals surface area contributed by atoms with Crippen LogP contribution in [0.25, 0.3) is 0 Å². The van der Waals surface area contributed by atoms with E-state index in [4.69, 9.17) is 4.74 Å². The monoisotopic (exact) mass is 277 g/mol. The van der Waals surface area contributed by atoms with E-state index in [1.54, 1.807) is 0 Å². The second-order valence-electron chi connectivity index (χ2n) is 5.15. The number of carbonyl (C=O) groups is 1. The van der Waals surface area contributed by atoms with Crippen LogP contribution in [0.5, 0.6) is 0 Å². The average Bonchev–Trinajstić information content (AvgIpc) is 2.46. The summed E-state index contributed by atoms with van der Waals surface area (Å²) in [5.74, 6) is -0.0649. The molecule has 0 saturated heterocycles. The highest BCUT2D eigenvalue weighted by Gasteiger charge is 2.02. The lowest BCUT2D eigenvalue weighted by Gasteiger charge is -2.16. The van der Waals surface area contributed by atoms with Crippen LogP contribution in [0.3, 0.4) is 0 Å². The number of esters is 1. The number of carbonyl (C=O) groups excluding carboxylic acids is 1. The average molecular weight is 277 g/mol. The van der Waals surface area contributed by atoms with E-state index in [0.717, 1.165) is 38.8 Å². The Morgan fingerprint density at radius 2 is 1.85 bits per heavy atom. The van der Waals surface area contributed by atoms with Crippen LogP contribution in [0.4, 0.5) is 0 Å². The van der Waals surface area contributed by atoms with Gasteiger partial charge in [-0.15, -0.1) is 0 Å². The van der Waals surface area contributed by atoms with E-state index in [-0.39, 0.29) is 5.97 Å². The SMILES string of the molecule is CCOC(=O)CCCCCN(C)CCc1ccccc1. The van der Waals surface area contributed by atoms with E-state index in [9.17, 15) is 4.79 Å². The van der Waals surface area contributed by atoms with Crippen LogP contribution in [-0.2, 0) is 16.0 Å². The molecular formula is C17H27NO2. The summed E-state index contributed by atoms with van der Waals surface area (Å²) in [6.45, 7) is 4.51. The molecule has 112 valence electrons. The topological polar surface area (TPSA) is 29.5 Å². The maximum atomic E-state index is 11.2. The molecule has 0 unspecified atom stereocenters. The zero-order chi connectivity index (χ0) is 14.6. The number of likely N-dealkylation sites (N-methyl/N-ethyl adjacent to an activating group) is 1. The lowest BCUT2D eigenvalue weighted by molar-refractivity contribution is -0.143. The largest absolute Gasteiger partial charge is 0.466 e. The highest BCUT2D eigenvalue weighted by atomic mass is 16.5. The predicted molar refractivity (Wildman–Crippen MR) is 82.7 cm³/mol. The van der Waals surface area contributed by atoms with Crippen molar-refractivity contribution in [3.05, 3.63) is 35.9 Å². The maximum Gasteiger partial charge on any atom is 0.305 e. The fourth-order valence-corrected chi connectivity index (χ4v) is 2.14. The first-order valence-corrected chi connectivity index (χ1v) is 7.60. The van der Waals surface area contributed by atoms with Crippen LogP contribution in [0.15, 0.2) is 30.3 Å². The molecule has 3 heteroatoms. The Morgan fingerprint density at radius 3 is 2.55 bits per heavy atom. The van der Waals surface area contributed by atoms with E-state index in [1.807, 2.05) is 6.92 Å². The van der Waals surface area contributed by atoms with E-state index in [0.29, 0.717) is 13.0 Å². The van der Waals surface area contributed by atoms with Gasteiger partial charge in [0.05, 0.1) is 6.61 Å². The highest BCUT2D eigenvalue weighted by molar-refractivity contribution is 5.69. The van der Waals surface area contributed by atoms with Crippen LogP contribution in [0.1, 0.15) is 38.2 Å². The molecule has 0 atom stereocenters. The summed E-state index contributed by atoms with van der Waals surface area (Å²) >= 11 is 0. The van der Waals surface area contributed by atoms with Crippen LogP contribution < -0.4 is 0 Å². The molecule has 1 aromatic carbocycles. The van der Waals surface area contributed by atoms with Gasteiger partial charge in [0, 0.05) is 13.0 Å². The minimum Gasteiger partial charge on any atom is -0.466 e. The van der Waals surface area contributed by atoms with Gasteiger partial charge in [0.2, 0.25) is 0 Å². The molecule has 0 aromatic heterocycles. The van der Waals surface area contributed by atoms with Crippen molar-refractivity contribution in [2.24, 2.45) is 0 Å². The van der Waals surface area contributed by atoms with Gasteiger partial charge in [-0.25, -0.2) is 0 Å². The zero-order valence-electron chi connectivity index (χ0n) is 12.8. The van der Waals surface area contributed by atoms with Gasteiger partial charge in [-0.3, -0.25) is 4.79 Å². The molecule has 1 aromatic rings. The lowest BCUT2D eigenvalue weighted by Crippen LogP contribution is -2.22. The molecule has 0 N–H and O–H groups in total. The molecule has 1 rings (SSSR count). The van der Waals surface area contributed by atoms with Crippen molar-refractivity contribution in [2.75, 3.05) is 26.7 Å². The third-order valence-electron chi connectivity index (χ3n) is 3.35. The van der Waals surface area contributed by atoms with Gasteiger partial charge in [-0.1, -0.05) is 36.8 Å². The number of hydrogen-bond acceptors (Lipinski definition) is 3. The van der Waals surface area contributed by atoms with E-state index < -0.39 is 0 Å². The minimum atomic E-state index is -0.0649. The van der Waals surface area contributed by atoms with Crippen LogP contribution in [0.2, 0.25) is 0 Å². The zero-order valence-corrected chi connectivity index (χ0v) is 12.8. The molecular weight excluding hydrogens is 250 g/mol. The van der Waals surface area contributed by atoms with E-state index in [1.165, 1.54) is 5.56 Å². The smallest absolute Gasteiger partial charge is 0.305 e. The number of hydrogen-bond donors (Lipinski definition) is 0. The maximum absolute atomic E-state index is 11.2. The first-order chi connectivity index (χ1) is 9.72. The Kier molecular flexibility index (Phi) is 8.72. The normalized spacial score (nSPS) is 10.8. The van der Waals surface area contributed by atoms with E-state index >= 15 is 0 Å². The predicted octanol–water partition coefficient (Wildman–Crippen LogP) is 3.28.